The summed E-state index contributed by atoms with van der Waals surface area (Å²) < 4.78 is 11.3. The average Bonchev–Trinajstić information content (AvgIpc) is 2.74. The van der Waals surface area contributed by atoms with Crippen LogP contribution < -0.4 is 14.9 Å². The number of hydrazone groups is 1. The van der Waals surface area contributed by atoms with Crippen LogP contribution in [0.1, 0.15) is 35.3 Å². The predicted molar refractivity (Wildman–Crippen MR) is 119 cm³/mol. The largest absolute Gasteiger partial charge is 0.491 e. The molecule has 0 atom stereocenters. The Balaban J connectivity index is 1.49. The third kappa shape index (κ3) is 6.64. The highest BCUT2D eigenvalue weighted by molar-refractivity contribution is 6.30. The molecule has 0 saturated heterocycles. The summed E-state index contributed by atoms with van der Waals surface area (Å²) in [6, 6.07) is 21.8. The minimum absolute atomic E-state index is 0.123. The summed E-state index contributed by atoms with van der Waals surface area (Å²) in [6.45, 7) is 4.38. The maximum absolute atomic E-state index is 12.2. The van der Waals surface area contributed by atoms with Gasteiger partial charge in [-0.1, -0.05) is 23.7 Å². The highest BCUT2D eigenvalue weighted by atomic mass is 35.5. The van der Waals surface area contributed by atoms with Crippen LogP contribution in [0.2, 0.25) is 5.02 Å². The fourth-order valence-electron chi connectivity index (χ4n) is 2.58. The first-order chi connectivity index (χ1) is 14.5. The van der Waals surface area contributed by atoms with Crippen LogP contribution in [0.3, 0.4) is 0 Å². The Morgan fingerprint density at radius 2 is 1.60 bits per heavy atom. The number of rotatable bonds is 8. The zero-order valence-corrected chi connectivity index (χ0v) is 17.6. The van der Waals surface area contributed by atoms with Crippen LogP contribution in [0.25, 0.3) is 0 Å². The summed E-state index contributed by atoms with van der Waals surface area (Å²) in [4.78, 5) is 12.2. The van der Waals surface area contributed by atoms with E-state index in [1.807, 2.05) is 62.4 Å². The van der Waals surface area contributed by atoms with Gasteiger partial charge < -0.3 is 9.47 Å². The van der Waals surface area contributed by atoms with Crippen molar-refractivity contribution in [2.24, 2.45) is 5.10 Å². The highest BCUT2D eigenvalue weighted by Gasteiger charge is 2.05. The van der Waals surface area contributed by atoms with Gasteiger partial charge in [0, 0.05) is 10.6 Å². The van der Waals surface area contributed by atoms with Gasteiger partial charge in [-0.25, -0.2) is 5.43 Å². The number of hydrogen-bond acceptors (Lipinski definition) is 4. The van der Waals surface area contributed by atoms with Crippen LogP contribution in [0.5, 0.6) is 11.5 Å². The fraction of sp³-hybridized carbons (Fsp3) is 0.167. The SMILES string of the molecule is CC(C)Oc1ccc(/C=N/NC(=O)c2ccc(OCc3ccc(Cl)cc3)cc2)cc1. The van der Waals surface area contributed by atoms with Gasteiger partial charge >= 0.3 is 0 Å². The molecule has 30 heavy (non-hydrogen) atoms. The van der Waals surface area contributed by atoms with E-state index in [4.69, 9.17) is 21.1 Å². The summed E-state index contributed by atoms with van der Waals surface area (Å²) in [5.41, 5.74) is 4.89. The van der Waals surface area contributed by atoms with Crippen LogP contribution in [0.4, 0.5) is 0 Å². The maximum Gasteiger partial charge on any atom is 0.271 e. The van der Waals surface area contributed by atoms with Crippen molar-refractivity contribution in [1.82, 2.24) is 5.43 Å². The molecule has 3 aromatic rings. The molecule has 0 radical (unpaired) electrons. The molecule has 0 saturated carbocycles. The van der Waals surface area contributed by atoms with Gasteiger partial charge in [-0.05, 0) is 85.6 Å². The maximum atomic E-state index is 12.2. The molecule has 0 unspecified atom stereocenters. The Kier molecular flexibility index (Phi) is 7.46. The normalized spacial score (nSPS) is 10.9. The molecule has 3 aromatic carbocycles. The second-order valence-electron chi connectivity index (χ2n) is 6.87. The van der Waals surface area contributed by atoms with Crippen LogP contribution in [0, 0.1) is 0 Å². The minimum Gasteiger partial charge on any atom is -0.491 e. The second-order valence-corrected chi connectivity index (χ2v) is 7.31. The van der Waals surface area contributed by atoms with Gasteiger partial charge in [0.15, 0.2) is 0 Å². The molecule has 0 aliphatic carbocycles. The first kappa shape index (κ1) is 21.4. The van der Waals surface area contributed by atoms with Crippen molar-refractivity contribution >= 4 is 23.7 Å². The first-order valence-electron chi connectivity index (χ1n) is 9.57. The van der Waals surface area contributed by atoms with E-state index < -0.39 is 0 Å². The van der Waals surface area contributed by atoms with Gasteiger partial charge in [0.05, 0.1) is 12.3 Å². The van der Waals surface area contributed by atoms with E-state index in [0.717, 1.165) is 16.9 Å². The zero-order valence-electron chi connectivity index (χ0n) is 16.8. The zero-order chi connectivity index (χ0) is 21.3. The smallest absolute Gasteiger partial charge is 0.271 e. The van der Waals surface area contributed by atoms with Crippen molar-refractivity contribution in [1.29, 1.82) is 0 Å². The monoisotopic (exact) mass is 422 g/mol. The molecule has 3 rings (SSSR count). The molecule has 0 aliphatic heterocycles. The molecule has 0 aliphatic rings. The molecule has 0 heterocycles. The average molecular weight is 423 g/mol. The number of halogens is 1. The molecule has 0 aromatic heterocycles. The third-order valence-corrected chi connectivity index (χ3v) is 4.32. The van der Waals surface area contributed by atoms with Gasteiger partial charge in [-0.2, -0.15) is 5.10 Å². The third-order valence-electron chi connectivity index (χ3n) is 4.07. The van der Waals surface area contributed by atoms with E-state index in [2.05, 4.69) is 10.5 Å². The van der Waals surface area contributed by atoms with Crippen LogP contribution >= 0.6 is 11.6 Å². The molecule has 6 heteroatoms. The molecule has 1 N–H and O–H groups in total. The number of hydrogen-bond donors (Lipinski definition) is 1. The van der Waals surface area contributed by atoms with Gasteiger partial charge in [-0.3, -0.25) is 4.79 Å². The van der Waals surface area contributed by atoms with Crippen molar-refractivity contribution in [3.05, 3.63) is 94.5 Å². The highest BCUT2D eigenvalue weighted by Crippen LogP contribution is 2.16. The van der Waals surface area contributed by atoms with Crippen LogP contribution in [0.15, 0.2) is 77.9 Å². The molecule has 154 valence electrons. The van der Waals surface area contributed by atoms with Crippen molar-refractivity contribution in [2.75, 3.05) is 0 Å². The van der Waals surface area contributed by atoms with E-state index in [1.54, 1.807) is 30.5 Å². The van der Waals surface area contributed by atoms with Crippen molar-refractivity contribution < 1.29 is 14.3 Å². The van der Waals surface area contributed by atoms with E-state index >= 15 is 0 Å². The molecular weight excluding hydrogens is 400 g/mol. The lowest BCUT2D eigenvalue weighted by atomic mass is 10.2. The summed E-state index contributed by atoms with van der Waals surface area (Å²) in [7, 11) is 0. The van der Waals surface area contributed by atoms with Crippen molar-refractivity contribution in [3.8, 4) is 11.5 Å². The van der Waals surface area contributed by atoms with E-state index in [1.165, 1.54) is 0 Å². The summed E-state index contributed by atoms with van der Waals surface area (Å²) in [6.07, 6.45) is 1.71. The van der Waals surface area contributed by atoms with Gasteiger partial charge in [-0.15, -0.1) is 0 Å². The Hall–Kier alpha value is -3.31. The number of carbonyl (C=O) groups excluding carboxylic acids is 1. The lowest BCUT2D eigenvalue weighted by Gasteiger charge is -2.09. The standard InChI is InChI=1S/C24H23ClN2O3/c1-17(2)30-23-11-5-18(6-12-23)15-26-27-24(28)20-7-13-22(14-8-20)29-16-19-3-9-21(25)10-4-19/h3-15,17H,16H2,1-2H3,(H,27,28)/b26-15+. The Morgan fingerprint density at radius 3 is 2.23 bits per heavy atom. The van der Waals surface area contributed by atoms with Gasteiger partial charge in [0.25, 0.3) is 5.91 Å². The van der Waals surface area contributed by atoms with Crippen molar-refractivity contribution in [3.63, 3.8) is 0 Å². The summed E-state index contributed by atoms with van der Waals surface area (Å²) in [5, 5.41) is 4.70. The molecule has 1 amide bonds. The second kappa shape index (κ2) is 10.5. The van der Waals surface area contributed by atoms with Crippen LogP contribution in [-0.2, 0) is 6.61 Å². The van der Waals surface area contributed by atoms with E-state index in [9.17, 15) is 4.79 Å². The van der Waals surface area contributed by atoms with Crippen LogP contribution in [-0.4, -0.2) is 18.2 Å². The van der Waals surface area contributed by atoms with Gasteiger partial charge in [0.2, 0.25) is 0 Å². The topological polar surface area (TPSA) is 59.9 Å². The fourth-order valence-corrected chi connectivity index (χ4v) is 2.71. The van der Waals surface area contributed by atoms with Crippen molar-refractivity contribution in [2.45, 2.75) is 26.6 Å². The number of nitrogens with one attached hydrogen (secondary N) is 1. The molecule has 0 bridgehead atoms. The van der Waals surface area contributed by atoms with E-state index in [-0.39, 0.29) is 12.0 Å². The number of carbonyl (C=O) groups is 1. The number of benzene rings is 3. The number of ether oxygens (including phenoxy) is 2. The first-order valence-corrected chi connectivity index (χ1v) is 9.95. The lowest BCUT2D eigenvalue weighted by Crippen LogP contribution is -2.17. The Bertz CT molecular complexity index is 982. The van der Waals surface area contributed by atoms with E-state index in [0.29, 0.717) is 22.9 Å². The molecule has 5 nitrogen and oxygen atoms in total. The Morgan fingerprint density at radius 1 is 0.967 bits per heavy atom. The molecule has 0 fully saturated rings. The number of amides is 1. The quantitative estimate of drug-likeness (QED) is 0.386. The molecule has 0 spiro atoms. The minimum atomic E-state index is -0.296. The number of nitrogens with zero attached hydrogens (tertiary/aromatic N) is 1. The van der Waals surface area contributed by atoms with Gasteiger partial charge in [0.1, 0.15) is 18.1 Å². The Labute approximate surface area is 181 Å². The lowest BCUT2D eigenvalue weighted by molar-refractivity contribution is 0.0955. The predicted octanol–water partition coefficient (Wildman–Crippen LogP) is 5.47. The summed E-state index contributed by atoms with van der Waals surface area (Å²) in [5.74, 6) is 1.17. The summed E-state index contributed by atoms with van der Waals surface area (Å²) >= 11 is 5.88. The molecular formula is C24H23ClN2O3.